The molecule has 2 rings (SSSR count). The Morgan fingerprint density at radius 1 is 1.26 bits per heavy atom. The summed E-state index contributed by atoms with van der Waals surface area (Å²) in [7, 11) is 0. The van der Waals surface area contributed by atoms with E-state index in [0.717, 1.165) is 38.6 Å². The second kappa shape index (κ2) is 5.80. The van der Waals surface area contributed by atoms with E-state index in [1.807, 2.05) is 4.90 Å². The van der Waals surface area contributed by atoms with Crippen LogP contribution >= 0.6 is 0 Å². The quantitative estimate of drug-likeness (QED) is 0.742. The molecule has 5 nitrogen and oxygen atoms in total. The van der Waals surface area contributed by atoms with Crippen LogP contribution in [0.2, 0.25) is 0 Å². The topological polar surface area (TPSA) is 69.6 Å². The number of carboxylic acids is 1. The van der Waals surface area contributed by atoms with Crippen LogP contribution in [0, 0.1) is 11.8 Å². The van der Waals surface area contributed by atoms with Crippen molar-refractivity contribution in [3.05, 3.63) is 0 Å². The number of carbonyl (C=O) groups excluding carboxylic acids is 1. The van der Waals surface area contributed by atoms with Crippen LogP contribution in [0.3, 0.4) is 0 Å². The van der Waals surface area contributed by atoms with Crippen molar-refractivity contribution in [3.63, 3.8) is 0 Å². The van der Waals surface area contributed by atoms with Gasteiger partial charge >= 0.3 is 12.0 Å². The Bertz CT molecular complexity index is 349. The van der Waals surface area contributed by atoms with Crippen molar-refractivity contribution in [1.82, 2.24) is 10.2 Å². The van der Waals surface area contributed by atoms with E-state index < -0.39 is 12.0 Å². The van der Waals surface area contributed by atoms with Crippen LogP contribution < -0.4 is 5.32 Å². The van der Waals surface area contributed by atoms with E-state index in [2.05, 4.69) is 19.2 Å². The predicted octanol–water partition coefficient (Wildman–Crippen LogP) is 2.07. The van der Waals surface area contributed by atoms with E-state index in [0.29, 0.717) is 12.0 Å². The van der Waals surface area contributed by atoms with E-state index in [9.17, 15) is 9.59 Å². The molecule has 1 unspecified atom stereocenters. The second-order valence-electron chi connectivity index (χ2n) is 6.21. The highest BCUT2D eigenvalue weighted by molar-refractivity contribution is 5.83. The predicted molar refractivity (Wildman–Crippen MR) is 71.9 cm³/mol. The van der Waals surface area contributed by atoms with E-state index in [-0.39, 0.29) is 11.9 Å². The molecule has 0 saturated heterocycles. The molecule has 0 heterocycles. The summed E-state index contributed by atoms with van der Waals surface area (Å²) in [5.41, 5.74) is 0. The van der Waals surface area contributed by atoms with Crippen molar-refractivity contribution in [3.8, 4) is 0 Å². The van der Waals surface area contributed by atoms with E-state index in [1.54, 1.807) is 0 Å². The summed E-state index contributed by atoms with van der Waals surface area (Å²) in [5.74, 6) is -0.226. The molecule has 0 spiro atoms. The maximum absolute atomic E-state index is 12.2. The molecule has 2 amide bonds. The summed E-state index contributed by atoms with van der Waals surface area (Å²) >= 11 is 0. The maximum atomic E-state index is 12.2. The van der Waals surface area contributed by atoms with Gasteiger partial charge in [-0.3, -0.25) is 0 Å². The molecule has 108 valence electrons. The second-order valence-corrected chi connectivity index (χ2v) is 6.21. The number of amides is 2. The Morgan fingerprint density at radius 2 is 1.89 bits per heavy atom. The van der Waals surface area contributed by atoms with Gasteiger partial charge < -0.3 is 15.3 Å². The minimum absolute atomic E-state index is 0.132. The lowest BCUT2D eigenvalue weighted by Crippen LogP contribution is -2.50. The highest BCUT2D eigenvalue weighted by Crippen LogP contribution is 2.33. The molecular weight excluding hydrogens is 244 g/mol. The van der Waals surface area contributed by atoms with Crippen LogP contribution in [0.25, 0.3) is 0 Å². The highest BCUT2D eigenvalue weighted by atomic mass is 16.4. The summed E-state index contributed by atoms with van der Waals surface area (Å²) < 4.78 is 0. The van der Waals surface area contributed by atoms with Crippen molar-refractivity contribution in [2.75, 3.05) is 6.54 Å². The number of carboxylic acid groups (broad SMARTS) is 1. The molecule has 1 atom stereocenters. The molecule has 2 aliphatic carbocycles. The minimum atomic E-state index is -0.907. The van der Waals surface area contributed by atoms with Gasteiger partial charge in [0.25, 0.3) is 0 Å². The molecule has 0 aromatic heterocycles. The van der Waals surface area contributed by atoms with E-state index >= 15 is 0 Å². The van der Waals surface area contributed by atoms with Gasteiger partial charge in [-0.25, -0.2) is 9.59 Å². The van der Waals surface area contributed by atoms with Gasteiger partial charge in [-0.15, -0.1) is 0 Å². The molecule has 0 bridgehead atoms. The number of hydrogen-bond donors (Lipinski definition) is 2. The SMILES string of the molecule is CC(C)CCN(C(=O)NC(C(=O)O)C1CC1)C1CC1. The summed E-state index contributed by atoms with van der Waals surface area (Å²) in [6.07, 6.45) is 4.88. The van der Waals surface area contributed by atoms with E-state index in [4.69, 9.17) is 5.11 Å². The molecule has 0 aliphatic heterocycles. The smallest absolute Gasteiger partial charge is 0.326 e. The Morgan fingerprint density at radius 3 is 2.32 bits per heavy atom. The Hall–Kier alpha value is -1.26. The first-order valence-electron chi connectivity index (χ1n) is 7.29. The number of carbonyl (C=O) groups is 2. The average Bonchev–Trinajstić information content (AvgIpc) is 3.16. The Kier molecular flexibility index (Phi) is 4.32. The van der Waals surface area contributed by atoms with Crippen LogP contribution in [0.5, 0.6) is 0 Å². The largest absolute Gasteiger partial charge is 0.480 e. The van der Waals surface area contributed by atoms with Gasteiger partial charge in [0, 0.05) is 12.6 Å². The molecule has 2 fully saturated rings. The lowest BCUT2D eigenvalue weighted by Gasteiger charge is -2.25. The minimum Gasteiger partial charge on any atom is -0.480 e. The number of hydrogen-bond acceptors (Lipinski definition) is 2. The monoisotopic (exact) mass is 268 g/mol. The molecule has 2 aliphatic rings. The number of nitrogens with one attached hydrogen (secondary N) is 1. The molecule has 0 aromatic rings. The van der Waals surface area contributed by atoms with E-state index in [1.165, 1.54) is 0 Å². The molecule has 5 heteroatoms. The maximum Gasteiger partial charge on any atom is 0.326 e. The zero-order valence-corrected chi connectivity index (χ0v) is 11.8. The van der Waals surface area contributed by atoms with Crippen molar-refractivity contribution in [1.29, 1.82) is 0 Å². The third-order valence-corrected chi connectivity index (χ3v) is 3.83. The summed E-state index contributed by atoms with van der Waals surface area (Å²) in [6.45, 7) is 4.99. The van der Waals surface area contributed by atoms with Crippen molar-refractivity contribution in [2.45, 2.75) is 58.0 Å². The first kappa shape index (κ1) is 14.2. The van der Waals surface area contributed by atoms with Crippen LogP contribution in [0.4, 0.5) is 4.79 Å². The first-order valence-corrected chi connectivity index (χ1v) is 7.29. The molecule has 2 saturated carbocycles. The average molecular weight is 268 g/mol. The van der Waals surface area contributed by atoms with Gasteiger partial charge in [0.2, 0.25) is 0 Å². The third-order valence-electron chi connectivity index (χ3n) is 3.83. The van der Waals surface area contributed by atoms with Gasteiger partial charge in [-0.2, -0.15) is 0 Å². The summed E-state index contributed by atoms with van der Waals surface area (Å²) in [5, 5.41) is 11.9. The fourth-order valence-electron chi connectivity index (χ4n) is 2.26. The lowest BCUT2D eigenvalue weighted by molar-refractivity contribution is -0.139. The highest BCUT2D eigenvalue weighted by Gasteiger charge is 2.40. The molecule has 2 N–H and O–H groups in total. The summed E-state index contributed by atoms with van der Waals surface area (Å²) in [4.78, 5) is 25.2. The molecule has 0 radical (unpaired) electrons. The Balaban J connectivity index is 1.89. The normalized spacial score (nSPS) is 20.2. The van der Waals surface area contributed by atoms with Crippen molar-refractivity contribution in [2.24, 2.45) is 11.8 Å². The summed E-state index contributed by atoms with van der Waals surface area (Å²) in [6, 6.07) is -0.567. The van der Waals surface area contributed by atoms with Gasteiger partial charge in [-0.1, -0.05) is 13.8 Å². The molecular formula is C14H24N2O3. The van der Waals surface area contributed by atoms with Crippen LogP contribution in [0.1, 0.15) is 46.0 Å². The van der Waals surface area contributed by atoms with Gasteiger partial charge in [0.05, 0.1) is 0 Å². The van der Waals surface area contributed by atoms with Crippen LogP contribution in [0.15, 0.2) is 0 Å². The lowest BCUT2D eigenvalue weighted by atomic mass is 10.1. The standard InChI is InChI=1S/C14H24N2O3/c1-9(2)7-8-16(11-5-6-11)14(19)15-12(13(17)18)10-3-4-10/h9-12H,3-8H2,1-2H3,(H,15,19)(H,17,18). The molecule has 19 heavy (non-hydrogen) atoms. The molecule has 0 aromatic carbocycles. The zero-order valence-electron chi connectivity index (χ0n) is 11.8. The van der Waals surface area contributed by atoms with Gasteiger partial charge in [0.1, 0.15) is 6.04 Å². The Labute approximate surface area is 114 Å². The van der Waals surface area contributed by atoms with Crippen molar-refractivity contribution >= 4 is 12.0 Å². The van der Waals surface area contributed by atoms with Crippen molar-refractivity contribution < 1.29 is 14.7 Å². The van der Waals surface area contributed by atoms with Crippen LogP contribution in [-0.2, 0) is 4.79 Å². The zero-order chi connectivity index (χ0) is 14.0. The fraction of sp³-hybridized carbons (Fsp3) is 0.857. The van der Waals surface area contributed by atoms with Crippen LogP contribution in [-0.4, -0.2) is 40.6 Å². The number of urea groups is 1. The fourth-order valence-corrected chi connectivity index (χ4v) is 2.26. The number of aliphatic carboxylic acids is 1. The van der Waals surface area contributed by atoms with Gasteiger partial charge in [0.15, 0.2) is 0 Å². The third kappa shape index (κ3) is 4.11. The first-order chi connectivity index (χ1) is 8.99. The number of nitrogens with zero attached hydrogens (tertiary/aromatic N) is 1. The van der Waals surface area contributed by atoms with Gasteiger partial charge in [-0.05, 0) is 43.9 Å². The number of rotatable bonds is 7.